The number of pyridine rings is 1. The molecule has 0 bridgehead atoms. The van der Waals surface area contributed by atoms with E-state index >= 15 is 0 Å². The smallest absolute Gasteiger partial charge is 0.339 e. The van der Waals surface area contributed by atoms with E-state index in [0.29, 0.717) is 12.0 Å². The maximum atomic E-state index is 12.8. The van der Waals surface area contributed by atoms with Crippen molar-refractivity contribution in [2.75, 3.05) is 6.61 Å². The molecule has 0 fully saturated rings. The molecule has 2 aromatic carbocycles. The fraction of sp³-hybridized carbons (Fsp3) is 0.269. The predicted octanol–water partition coefficient (Wildman–Crippen LogP) is 4.66. The second-order valence-electron chi connectivity index (χ2n) is 8.92. The fourth-order valence-corrected chi connectivity index (χ4v) is 4.00. The number of carbonyl (C=O) groups excluding carboxylic acids is 2. The van der Waals surface area contributed by atoms with Gasteiger partial charge in [-0.3, -0.25) is 4.79 Å². The van der Waals surface area contributed by atoms with Crippen LogP contribution in [0, 0.1) is 0 Å². The van der Waals surface area contributed by atoms with E-state index < -0.39 is 18.5 Å². The number of amides is 1. The number of allylic oxidation sites excluding steroid dienone is 1. The SMILES string of the molecule is CC(C)(C)c1ccc(/C=C2\CCc3c2nc2ccccc2c3C(=O)OCC(N)=O)cc1. The highest BCUT2D eigenvalue weighted by molar-refractivity contribution is 6.07. The zero-order chi connectivity index (χ0) is 22.2. The third kappa shape index (κ3) is 4.22. The number of carbonyl (C=O) groups is 2. The molecule has 1 aromatic heterocycles. The molecule has 0 saturated carbocycles. The van der Waals surface area contributed by atoms with Crippen molar-refractivity contribution in [3.8, 4) is 0 Å². The van der Waals surface area contributed by atoms with Crippen LogP contribution in [-0.2, 0) is 21.4 Å². The van der Waals surface area contributed by atoms with Gasteiger partial charge in [-0.25, -0.2) is 9.78 Å². The molecular weight excluding hydrogens is 388 g/mol. The largest absolute Gasteiger partial charge is 0.452 e. The maximum Gasteiger partial charge on any atom is 0.339 e. The molecule has 31 heavy (non-hydrogen) atoms. The van der Waals surface area contributed by atoms with Gasteiger partial charge in [0.2, 0.25) is 0 Å². The number of benzene rings is 2. The summed E-state index contributed by atoms with van der Waals surface area (Å²) < 4.78 is 5.16. The molecule has 1 aliphatic rings. The number of fused-ring (bicyclic) bond motifs is 2. The number of primary amides is 1. The van der Waals surface area contributed by atoms with Crippen LogP contribution in [0.2, 0.25) is 0 Å². The first-order valence-corrected chi connectivity index (χ1v) is 10.4. The molecule has 0 saturated heterocycles. The highest BCUT2D eigenvalue weighted by Gasteiger charge is 2.27. The van der Waals surface area contributed by atoms with Gasteiger partial charge in [0, 0.05) is 5.39 Å². The fourth-order valence-electron chi connectivity index (χ4n) is 4.00. The van der Waals surface area contributed by atoms with Gasteiger partial charge in [-0.05, 0) is 52.7 Å². The predicted molar refractivity (Wildman–Crippen MR) is 123 cm³/mol. The summed E-state index contributed by atoms with van der Waals surface area (Å²) in [6.07, 6.45) is 3.62. The van der Waals surface area contributed by atoms with Gasteiger partial charge in [-0.1, -0.05) is 63.2 Å². The summed E-state index contributed by atoms with van der Waals surface area (Å²) in [5, 5.41) is 0.728. The molecule has 2 N–H and O–H groups in total. The minimum atomic E-state index is -0.678. The molecule has 0 radical (unpaired) electrons. The first-order valence-electron chi connectivity index (χ1n) is 10.4. The van der Waals surface area contributed by atoms with Gasteiger partial charge in [0.25, 0.3) is 5.91 Å². The normalized spacial score (nSPS) is 14.6. The number of nitrogens with two attached hydrogens (primary N) is 1. The van der Waals surface area contributed by atoms with Crippen LogP contribution >= 0.6 is 0 Å². The molecular formula is C26H26N2O3. The van der Waals surface area contributed by atoms with E-state index in [9.17, 15) is 9.59 Å². The van der Waals surface area contributed by atoms with Crippen molar-refractivity contribution >= 4 is 34.4 Å². The lowest BCUT2D eigenvalue weighted by atomic mass is 9.86. The van der Waals surface area contributed by atoms with Gasteiger partial charge in [-0.2, -0.15) is 0 Å². The summed E-state index contributed by atoms with van der Waals surface area (Å²) in [4.78, 5) is 28.8. The molecule has 0 spiro atoms. The van der Waals surface area contributed by atoms with Crippen LogP contribution in [0.4, 0.5) is 0 Å². The third-order valence-electron chi connectivity index (χ3n) is 5.61. The number of esters is 1. The molecule has 0 atom stereocenters. The number of nitrogens with zero attached hydrogens (tertiary/aromatic N) is 1. The minimum absolute atomic E-state index is 0.103. The quantitative estimate of drug-likeness (QED) is 0.630. The van der Waals surface area contributed by atoms with E-state index in [-0.39, 0.29) is 5.41 Å². The Morgan fingerprint density at radius 1 is 1.06 bits per heavy atom. The summed E-state index contributed by atoms with van der Waals surface area (Å²) in [7, 11) is 0. The van der Waals surface area contributed by atoms with Crippen molar-refractivity contribution in [3.05, 3.63) is 76.5 Å². The molecule has 5 nitrogen and oxygen atoms in total. The van der Waals surface area contributed by atoms with Gasteiger partial charge < -0.3 is 10.5 Å². The van der Waals surface area contributed by atoms with Gasteiger partial charge >= 0.3 is 5.97 Å². The van der Waals surface area contributed by atoms with E-state index in [2.05, 4.69) is 51.1 Å². The van der Waals surface area contributed by atoms with Crippen molar-refractivity contribution in [1.82, 2.24) is 4.98 Å². The molecule has 1 aliphatic carbocycles. The van der Waals surface area contributed by atoms with E-state index in [1.165, 1.54) is 5.56 Å². The Kier molecular flexibility index (Phi) is 5.36. The molecule has 158 valence electrons. The van der Waals surface area contributed by atoms with Gasteiger partial charge in [0.1, 0.15) is 0 Å². The Hall–Kier alpha value is -3.47. The molecule has 1 amide bonds. The number of hydrogen-bond donors (Lipinski definition) is 1. The molecule has 0 aliphatic heterocycles. The van der Waals surface area contributed by atoms with Crippen molar-refractivity contribution in [2.24, 2.45) is 5.73 Å². The Balaban J connectivity index is 1.77. The Morgan fingerprint density at radius 2 is 1.77 bits per heavy atom. The average molecular weight is 415 g/mol. The van der Waals surface area contributed by atoms with Crippen LogP contribution < -0.4 is 5.73 Å². The summed E-state index contributed by atoms with van der Waals surface area (Å²) in [6, 6.07) is 16.0. The summed E-state index contributed by atoms with van der Waals surface area (Å²) in [5.41, 5.74) is 11.6. The van der Waals surface area contributed by atoms with Crippen molar-refractivity contribution in [1.29, 1.82) is 0 Å². The molecule has 1 heterocycles. The van der Waals surface area contributed by atoms with E-state index in [1.54, 1.807) is 0 Å². The lowest BCUT2D eigenvalue weighted by Gasteiger charge is -2.18. The van der Waals surface area contributed by atoms with Crippen LogP contribution in [0.3, 0.4) is 0 Å². The number of rotatable bonds is 4. The standard InChI is InChI=1S/C26H26N2O3/c1-26(2,3)18-11-8-16(9-12-18)14-17-10-13-20-23(25(30)31-15-22(27)29)19-6-4-5-7-21(19)28-24(17)20/h4-9,11-12,14H,10,13,15H2,1-3H3,(H2,27,29)/b17-14+. The summed E-state index contributed by atoms with van der Waals surface area (Å²) in [6.45, 7) is 6.15. The van der Waals surface area contributed by atoms with E-state index in [1.807, 2.05) is 24.3 Å². The second-order valence-corrected chi connectivity index (χ2v) is 8.92. The van der Waals surface area contributed by atoms with Gasteiger partial charge in [0.05, 0.1) is 16.8 Å². The minimum Gasteiger partial charge on any atom is -0.452 e. The van der Waals surface area contributed by atoms with Crippen LogP contribution in [0.1, 0.15) is 59.9 Å². The molecule has 4 rings (SSSR count). The Labute approximate surface area is 181 Å². The zero-order valence-electron chi connectivity index (χ0n) is 18.1. The Bertz CT molecular complexity index is 1200. The number of hydrogen-bond acceptors (Lipinski definition) is 4. The second kappa shape index (κ2) is 7.99. The van der Waals surface area contributed by atoms with Crippen LogP contribution in [0.5, 0.6) is 0 Å². The number of ether oxygens (including phenoxy) is 1. The third-order valence-corrected chi connectivity index (χ3v) is 5.61. The zero-order valence-corrected chi connectivity index (χ0v) is 18.1. The van der Waals surface area contributed by atoms with Crippen LogP contribution in [-0.4, -0.2) is 23.5 Å². The average Bonchev–Trinajstić information content (AvgIpc) is 3.12. The number of aromatic nitrogens is 1. The molecule has 5 heteroatoms. The summed E-state index contributed by atoms with van der Waals surface area (Å²) >= 11 is 0. The highest BCUT2D eigenvalue weighted by atomic mass is 16.5. The lowest BCUT2D eigenvalue weighted by molar-refractivity contribution is -0.121. The van der Waals surface area contributed by atoms with Crippen molar-refractivity contribution < 1.29 is 14.3 Å². The first kappa shape index (κ1) is 20.8. The van der Waals surface area contributed by atoms with Gasteiger partial charge in [-0.15, -0.1) is 0 Å². The lowest BCUT2D eigenvalue weighted by Crippen LogP contribution is -2.21. The van der Waals surface area contributed by atoms with Crippen LogP contribution in [0.25, 0.3) is 22.6 Å². The van der Waals surface area contributed by atoms with E-state index in [0.717, 1.165) is 39.7 Å². The van der Waals surface area contributed by atoms with Crippen molar-refractivity contribution in [3.63, 3.8) is 0 Å². The van der Waals surface area contributed by atoms with Crippen molar-refractivity contribution in [2.45, 2.75) is 39.0 Å². The molecule has 0 unspecified atom stereocenters. The molecule has 3 aromatic rings. The van der Waals surface area contributed by atoms with Gasteiger partial charge in [0.15, 0.2) is 6.61 Å². The summed E-state index contributed by atoms with van der Waals surface area (Å²) in [5.74, 6) is -1.22. The van der Waals surface area contributed by atoms with E-state index in [4.69, 9.17) is 15.5 Å². The Morgan fingerprint density at radius 3 is 2.45 bits per heavy atom. The topological polar surface area (TPSA) is 82.3 Å². The monoisotopic (exact) mass is 414 g/mol. The maximum absolute atomic E-state index is 12.8. The first-order chi connectivity index (χ1) is 14.7. The number of para-hydroxylation sites is 1. The van der Waals surface area contributed by atoms with Crippen LogP contribution in [0.15, 0.2) is 48.5 Å². The highest BCUT2D eigenvalue weighted by Crippen LogP contribution is 2.38.